The van der Waals surface area contributed by atoms with Gasteiger partial charge in [0.2, 0.25) is 10.0 Å². The molecule has 2 fully saturated rings. The molecule has 0 amide bonds. The number of rotatable bonds is 3. The van der Waals surface area contributed by atoms with Crippen LogP contribution in [-0.4, -0.2) is 45.1 Å². The number of benzene rings is 1. The number of morpholine rings is 1. The molecule has 0 N–H and O–H groups in total. The molecule has 1 saturated heterocycles. The predicted octanol–water partition coefficient (Wildman–Crippen LogP) is 2.34. The molecule has 2 unspecified atom stereocenters. The maximum Gasteiger partial charge on any atom is 0.243 e. The van der Waals surface area contributed by atoms with Crippen LogP contribution in [0.1, 0.15) is 31.2 Å². The molecule has 1 heterocycles. The van der Waals surface area contributed by atoms with Crippen molar-refractivity contribution in [3.8, 4) is 5.75 Å². The molecule has 0 aromatic heterocycles. The Morgan fingerprint density at radius 3 is 2.77 bits per heavy atom. The van der Waals surface area contributed by atoms with E-state index in [-0.39, 0.29) is 12.1 Å². The van der Waals surface area contributed by atoms with Crippen molar-refractivity contribution in [1.29, 1.82) is 0 Å². The normalized spacial score (nSPS) is 26.5. The van der Waals surface area contributed by atoms with Gasteiger partial charge >= 0.3 is 0 Å². The number of fused-ring (bicyclic) bond motifs is 1. The Labute approximate surface area is 132 Å². The second-order valence-electron chi connectivity index (χ2n) is 6.01. The zero-order valence-electron chi connectivity index (χ0n) is 13.1. The molecular weight excluding hydrogens is 302 g/mol. The molecule has 0 bridgehead atoms. The van der Waals surface area contributed by atoms with Gasteiger partial charge in [0.15, 0.2) is 0 Å². The zero-order valence-corrected chi connectivity index (χ0v) is 13.9. The van der Waals surface area contributed by atoms with E-state index in [0.717, 1.165) is 31.2 Å². The van der Waals surface area contributed by atoms with Crippen molar-refractivity contribution >= 4 is 10.0 Å². The van der Waals surface area contributed by atoms with Crippen LogP contribution < -0.4 is 4.74 Å². The van der Waals surface area contributed by atoms with Gasteiger partial charge in [-0.05, 0) is 43.5 Å². The number of methoxy groups -OCH3 is 1. The molecule has 122 valence electrons. The highest BCUT2D eigenvalue weighted by Gasteiger charge is 2.41. The molecular formula is C16H23NO4S. The molecule has 1 aliphatic carbocycles. The van der Waals surface area contributed by atoms with E-state index in [2.05, 4.69) is 0 Å². The van der Waals surface area contributed by atoms with Crippen LogP contribution in [0.2, 0.25) is 0 Å². The number of aryl methyl sites for hydroxylation is 1. The minimum absolute atomic E-state index is 0.0194. The van der Waals surface area contributed by atoms with E-state index in [4.69, 9.17) is 9.47 Å². The zero-order chi connectivity index (χ0) is 15.7. The summed E-state index contributed by atoms with van der Waals surface area (Å²) in [7, 11) is -1.91. The minimum atomic E-state index is -3.49. The fourth-order valence-corrected chi connectivity index (χ4v) is 5.40. The summed E-state index contributed by atoms with van der Waals surface area (Å²) in [5.74, 6) is 0.675. The first kappa shape index (κ1) is 15.8. The summed E-state index contributed by atoms with van der Waals surface area (Å²) in [5.41, 5.74) is 0.721. The Bertz CT molecular complexity index is 642. The number of sulfonamides is 1. The van der Waals surface area contributed by atoms with Crippen LogP contribution >= 0.6 is 0 Å². The lowest BCUT2D eigenvalue weighted by Crippen LogP contribution is -2.54. The van der Waals surface area contributed by atoms with Crippen LogP contribution in [0.5, 0.6) is 5.75 Å². The Kier molecular flexibility index (Phi) is 4.43. The van der Waals surface area contributed by atoms with Crippen LogP contribution in [-0.2, 0) is 14.8 Å². The quantitative estimate of drug-likeness (QED) is 0.856. The van der Waals surface area contributed by atoms with E-state index < -0.39 is 10.0 Å². The third kappa shape index (κ3) is 2.75. The summed E-state index contributed by atoms with van der Waals surface area (Å²) in [6.07, 6.45) is 4.09. The molecule has 2 aliphatic rings. The third-order valence-corrected chi connectivity index (χ3v) is 6.73. The van der Waals surface area contributed by atoms with Crippen LogP contribution in [0.4, 0.5) is 0 Å². The molecule has 3 rings (SSSR count). The summed E-state index contributed by atoms with van der Waals surface area (Å²) in [4.78, 5) is 0.375. The molecule has 0 spiro atoms. The largest absolute Gasteiger partial charge is 0.497 e. The number of nitrogens with zero attached hydrogens (tertiary/aromatic N) is 1. The van der Waals surface area contributed by atoms with Gasteiger partial charge in [0.05, 0.1) is 30.8 Å². The van der Waals surface area contributed by atoms with Crippen LogP contribution in [0.25, 0.3) is 0 Å². The van der Waals surface area contributed by atoms with Gasteiger partial charge in [-0.3, -0.25) is 0 Å². The van der Waals surface area contributed by atoms with Gasteiger partial charge in [0.1, 0.15) is 5.75 Å². The van der Waals surface area contributed by atoms with Crippen molar-refractivity contribution in [2.75, 3.05) is 20.3 Å². The first-order chi connectivity index (χ1) is 10.5. The highest BCUT2D eigenvalue weighted by molar-refractivity contribution is 7.89. The first-order valence-electron chi connectivity index (χ1n) is 7.82. The fourth-order valence-electron chi connectivity index (χ4n) is 3.52. The summed E-state index contributed by atoms with van der Waals surface area (Å²) < 4.78 is 38.8. The number of ether oxygens (including phenoxy) is 2. The lowest BCUT2D eigenvalue weighted by atomic mass is 9.91. The standard InChI is InChI=1S/C16H23NO4S/c1-12-11-13(20-2)7-8-16(12)22(18,19)17-9-10-21-15-6-4-3-5-14(15)17/h7-8,11,14-15H,3-6,9-10H2,1-2H3. The van der Waals surface area contributed by atoms with Gasteiger partial charge in [0.25, 0.3) is 0 Å². The second kappa shape index (κ2) is 6.18. The van der Waals surface area contributed by atoms with Crippen LogP contribution in [0.15, 0.2) is 23.1 Å². The SMILES string of the molecule is COc1ccc(S(=O)(=O)N2CCOC3CCCCC32)c(C)c1. The van der Waals surface area contributed by atoms with Crippen molar-refractivity contribution in [1.82, 2.24) is 4.31 Å². The third-order valence-electron chi connectivity index (χ3n) is 4.65. The Morgan fingerprint density at radius 1 is 1.27 bits per heavy atom. The molecule has 6 heteroatoms. The molecule has 1 aromatic rings. The van der Waals surface area contributed by atoms with Crippen molar-refractivity contribution < 1.29 is 17.9 Å². The Morgan fingerprint density at radius 2 is 2.05 bits per heavy atom. The molecule has 22 heavy (non-hydrogen) atoms. The van der Waals surface area contributed by atoms with Gasteiger partial charge in [-0.15, -0.1) is 0 Å². The summed E-state index contributed by atoms with van der Waals surface area (Å²) >= 11 is 0. The van der Waals surface area contributed by atoms with Gasteiger partial charge in [-0.2, -0.15) is 4.31 Å². The molecule has 1 aliphatic heterocycles. The molecule has 0 radical (unpaired) electrons. The highest BCUT2D eigenvalue weighted by atomic mass is 32.2. The van der Waals surface area contributed by atoms with E-state index in [1.165, 1.54) is 0 Å². The summed E-state index contributed by atoms with van der Waals surface area (Å²) in [6, 6.07) is 5.11. The van der Waals surface area contributed by atoms with Gasteiger partial charge in [-0.1, -0.05) is 12.8 Å². The van der Waals surface area contributed by atoms with E-state index in [1.807, 2.05) is 6.92 Å². The first-order valence-corrected chi connectivity index (χ1v) is 9.26. The topological polar surface area (TPSA) is 55.8 Å². The average Bonchev–Trinajstić information content (AvgIpc) is 2.53. The van der Waals surface area contributed by atoms with Crippen LogP contribution in [0.3, 0.4) is 0 Å². The maximum atomic E-state index is 13.1. The van der Waals surface area contributed by atoms with Crippen molar-refractivity contribution in [3.05, 3.63) is 23.8 Å². The van der Waals surface area contributed by atoms with Crippen molar-refractivity contribution in [2.24, 2.45) is 0 Å². The van der Waals surface area contributed by atoms with Gasteiger partial charge in [0, 0.05) is 6.54 Å². The Balaban J connectivity index is 1.94. The van der Waals surface area contributed by atoms with Crippen molar-refractivity contribution in [2.45, 2.75) is 49.6 Å². The van der Waals surface area contributed by atoms with Crippen molar-refractivity contribution in [3.63, 3.8) is 0 Å². The minimum Gasteiger partial charge on any atom is -0.497 e. The van der Waals surface area contributed by atoms with Gasteiger partial charge in [-0.25, -0.2) is 8.42 Å². The van der Waals surface area contributed by atoms with E-state index in [0.29, 0.717) is 23.8 Å². The Hall–Kier alpha value is -1.11. The van der Waals surface area contributed by atoms with E-state index in [9.17, 15) is 8.42 Å². The van der Waals surface area contributed by atoms with Crippen LogP contribution in [0, 0.1) is 6.92 Å². The summed E-state index contributed by atoms with van der Waals surface area (Å²) in [6.45, 7) is 2.73. The summed E-state index contributed by atoms with van der Waals surface area (Å²) in [5, 5.41) is 0. The number of hydrogen-bond donors (Lipinski definition) is 0. The maximum absolute atomic E-state index is 13.1. The average molecular weight is 325 g/mol. The van der Waals surface area contributed by atoms with E-state index >= 15 is 0 Å². The van der Waals surface area contributed by atoms with E-state index in [1.54, 1.807) is 29.6 Å². The highest BCUT2D eigenvalue weighted by Crippen LogP contribution is 2.33. The fraction of sp³-hybridized carbons (Fsp3) is 0.625. The molecule has 1 aromatic carbocycles. The lowest BCUT2D eigenvalue weighted by Gasteiger charge is -2.42. The predicted molar refractivity (Wildman–Crippen MR) is 83.6 cm³/mol. The smallest absolute Gasteiger partial charge is 0.243 e. The monoisotopic (exact) mass is 325 g/mol. The van der Waals surface area contributed by atoms with Gasteiger partial charge < -0.3 is 9.47 Å². The molecule has 1 saturated carbocycles. The molecule has 5 nitrogen and oxygen atoms in total. The lowest BCUT2D eigenvalue weighted by molar-refractivity contribution is -0.0586. The number of hydrogen-bond acceptors (Lipinski definition) is 4. The molecule has 2 atom stereocenters. The second-order valence-corrected chi connectivity index (χ2v) is 7.87.